The van der Waals surface area contributed by atoms with Crippen molar-refractivity contribution in [2.24, 2.45) is 5.92 Å². The molecule has 2 rings (SSSR count). The molecule has 0 spiro atoms. The van der Waals surface area contributed by atoms with Crippen molar-refractivity contribution in [2.75, 3.05) is 0 Å². The fraction of sp³-hybridized carbons (Fsp3) is 0.615. The number of nitrogens with one attached hydrogen (secondary N) is 1. The highest BCUT2D eigenvalue weighted by atomic mass is 32.1. The van der Waals surface area contributed by atoms with Crippen LogP contribution in [0.4, 0.5) is 0 Å². The Bertz CT molecular complexity index is 464. The van der Waals surface area contributed by atoms with Crippen LogP contribution < -0.4 is 5.32 Å². The second kappa shape index (κ2) is 6.14. The number of hydrogen-bond donors (Lipinski definition) is 2. The zero-order valence-electron chi connectivity index (χ0n) is 10.9. The number of aromatic nitrogens is 1. The molecule has 0 saturated heterocycles. The fourth-order valence-electron chi connectivity index (χ4n) is 2.44. The summed E-state index contributed by atoms with van der Waals surface area (Å²) < 4.78 is 0. The van der Waals surface area contributed by atoms with Crippen LogP contribution in [0.2, 0.25) is 0 Å². The molecule has 0 radical (unpaired) electrons. The van der Waals surface area contributed by atoms with Crippen molar-refractivity contribution in [2.45, 2.75) is 45.1 Å². The highest BCUT2D eigenvalue weighted by Gasteiger charge is 2.27. The first-order chi connectivity index (χ1) is 9.11. The molecule has 6 heteroatoms. The van der Waals surface area contributed by atoms with Gasteiger partial charge < -0.3 is 10.4 Å². The second-order valence-corrected chi connectivity index (χ2v) is 5.70. The van der Waals surface area contributed by atoms with Gasteiger partial charge in [-0.1, -0.05) is 6.92 Å². The summed E-state index contributed by atoms with van der Waals surface area (Å²) in [7, 11) is 0. The van der Waals surface area contributed by atoms with E-state index < -0.39 is 5.97 Å². The molecular formula is C13H18N2O3S. The Labute approximate surface area is 116 Å². The van der Waals surface area contributed by atoms with E-state index in [1.807, 2.05) is 6.92 Å². The number of hydrogen-bond acceptors (Lipinski definition) is 4. The van der Waals surface area contributed by atoms with Gasteiger partial charge in [0.1, 0.15) is 4.88 Å². The van der Waals surface area contributed by atoms with E-state index in [0.29, 0.717) is 17.7 Å². The third-order valence-corrected chi connectivity index (χ3v) is 4.46. The highest BCUT2D eigenvalue weighted by Crippen LogP contribution is 2.25. The Morgan fingerprint density at radius 1 is 1.42 bits per heavy atom. The van der Waals surface area contributed by atoms with E-state index >= 15 is 0 Å². The van der Waals surface area contributed by atoms with Crippen molar-refractivity contribution in [3.05, 3.63) is 16.1 Å². The lowest BCUT2D eigenvalue weighted by molar-refractivity contribution is -0.142. The SMILES string of the molecule is CCc1ncsc1C(=O)NC1CCC(C(=O)O)CC1. The molecule has 5 nitrogen and oxygen atoms in total. The van der Waals surface area contributed by atoms with Gasteiger partial charge in [-0.3, -0.25) is 9.59 Å². The average molecular weight is 282 g/mol. The maximum Gasteiger partial charge on any atom is 0.306 e. The van der Waals surface area contributed by atoms with Crippen molar-refractivity contribution in [3.63, 3.8) is 0 Å². The summed E-state index contributed by atoms with van der Waals surface area (Å²) in [6.45, 7) is 1.98. The maximum absolute atomic E-state index is 12.1. The van der Waals surface area contributed by atoms with E-state index in [4.69, 9.17) is 5.11 Å². The third-order valence-electron chi connectivity index (χ3n) is 3.59. The summed E-state index contributed by atoms with van der Waals surface area (Å²) in [5.74, 6) is -1.04. The molecule has 2 N–H and O–H groups in total. The van der Waals surface area contributed by atoms with Gasteiger partial charge in [0.2, 0.25) is 0 Å². The first-order valence-corrected chi connectivity index (χ1v) is 7.45. The molecule has 19 heavy (non-hydrogen) atoms. The van der Waals surface area contributed by atoms with Crippen LogP contribution >= 0.6 is 11.3 Å². The molecule has 1 aromatic rings. The standard InChI is InChI=1S/C13H18N2O3S/c1-2-10-11(19-7-14-10)12(16)15-9-5-3-8(4-6-9)13(17)18/h7-9H,2-6H2,1H3,(H,15,16)(H,17,18). The molecule has 1 aliphatic carbocycles. The van der Waals surface area contributed by atoms with Crippen LogP contribution in [0.1, 0.15) is 48.0 Å². The second-order valence-electron chi connectivity index (χ2n) is 4.84. The lowest BCUT2D eigenvalue weighted by Gasteiger charge is -2.26. The first kappa shape index (κ1) is 14.0. The van der Waals surface area contributed by atoms with E-state index in [1.54, 1.807) is 5.51 Å². The smallest absolute Gasteiger partial charge is 0.306 e. The van der Waals surface area contributed by atoms with Gasteiger partial charge in [0, 0.05) is 6.04 Å². The largest absolute Gasteiger partial charge is 0.481 e. The van der Waals surface area contributed by atoms with Crippen molar-refractivity contribution in [1.29, 1.82) is 0 Å². The topological polar surface area (TPSA) is 79.3 Å². The predicted octanol–water partition coefficient (Wildman–Crippen LogP) is 2.08. The molecule has 1 fully saturated rings. The Morgan fingerprint density at radius 3 is 2.68 bits per heavy atom. The quantitative estimate of drug-likeness (QED) is 0.886. The van der Waals surface area contributed by atoms with E-state index in [0.717, 1.165) is 25.0 Å². The van der Waals surface area contributed by atoms with Crippen LogP contribution in [0.5, 0.6) is 0 Å². The lowest BCUT2D eigenvalue weighted by Crippen LogP contribution is -2.38. The number of amides is 1. The molecule has 0 aliphatic heterocycles. The minimum Gasteiger partial charge on any atom is -0.481 e. The molecule has 0 bridgehead atoms. The number of thiazole rings is 1. The number of carbonyl (C=O) groups excluding carboxylic acids is 1. The number of carboxylic acid groups (broad SMARTS) is 1. The van der Waals surface area contributed by atoms with Crippen LogP contribution in [0, 0.1) is 5.92 Å². The molecule has 0 atom stereocenters. The summed E-state index contributed by atoms with van der Waals surface area (Å²) in [5, 5.41) is 11.9. The molecular weight excluding hydrogens is 264 g/mol. The van der Waals surface area contributed by atoms with Crippen LogP contribution in [-0.2, 0) is 11.2 Å². The molecule has 1 aromatic heterocycles. The minimum absolute atomic E-state index is 0.0712. The van der Waals surface area contributed by atoms with Gasteiger partial charge in [-0.2, -0.15) is 0 Å². The fourth-order valence-corrected chi connectivity index (χ4v) is 3.23. The van der Waals surface area contributed by atoms with E-state index in [-0.39, 0.29) is 17.9 Å². The Morgan fingerprint density at radius 2 is 2.11 bits per heavy atom. The van der Waals surface area contributed by atoms with E-state index in [1.165, 1.54) is 11.3 Å². The Kier molecular flexibility index (Phi) is 4.52. The highest BCUT2D eigenvalue weighted by molar-refractivity contribution is 7.11. The van der Waals surface area contributed by atoms with Crippen LogP contribution in [-0.4, -0.2) is 28.0 Å². The zero-order valence-corrected chi connectivity index (χ0v) is 11.7. The van der Waals surface area contributed by atoms with Crippen LogP contribution in [0.15, 0.2) is 5.51 Å². The molecule has 1 heterocycles. The lowest BCUT2D eigenvalue weighted by atomic mass is 9.86. The molecule has 104 valence electrons. The third kappa shape index (κ3) is 3.32. The number of aryl methyl sites for hydroxylation is 1. The van der Waals surface area contributed by atoms with Gasteiger partial charge in [-0.25, -0.2) is 4.98 Å². The normalized spacial score (nSPS) is 23.0. The molecule has 1 saturated carbocycles. The summed E-state index contributed by atoms with van der Waals surface area (Å²) >= 11 is 1.36. The van der Waals surface area contributed by atoms with Gasteiger partial charge in [-0.05, 0) is 32.1 Å². The van der Waals surface area contributed by atoms with Crippen LogP contribution in [0.25, 0.3) is 0 Å². The predicted molar refractivity (Wildman–Crippen MR) is 72.3 cm³/mol. The molecule has 1 amide bonds. The Balaban J connectivity index is 1.89. The average Bonchev–Trinajstić information content (AvgIpc) is 2.87. The molecule has 0 aromatic carbocycles. The van der Waals surface area contributed by atoms with Crippen molar-refractivity contribution in [1.82, 2.24) is 10.3 Å². The zero-order chi connectivity index (χ0) is 13.8. The number of rotatable bonds is 4. The number of aliphatic carboxylic acids is 1. The van der Waals surface area contributed by atoms with E-state index in [2.05, 4.69) is 10.3 Å². The molecule has 0 unspecified atom stereocenters. The summed E-state index contributed by atoms with van der Waals surface area (Å²) in [6.07, 6.45) is 3.51. The summed E-state index contributed by atoms with van der Waals surface area (Å²) in [5.41, 5.74) is 2.52. The van der Waals surface area contributed by atoms with Crippen molar-refractivity contribution >= 4 is 23.2 Å². The molecule has 1 aliphatic rings. The van der Waals surface area contributed by atoms with Crippen molar-refractivity contribution in [3.8, 4) is 0 Å². The summed E-state index contributed by atoms with van der Waals surface area (Å²) in [6, 6.07) is 0.0925. The van der Waals surface area contributed by atoms with Crippen LogP contribution in [0.3, 0.4) is 0 Å². The van der Waals surface area contributed by atoms with Gasteiger partial charge in [0.25, 0.3) is 5.91 Å². The Hall–Kier alpha value is -1.43. The van der Waals surface area contributed by atoms with Gasteiger partial charge in [0.05, 0.1) is 17.1 Å². The van der Waals surface area contributed by atoms with Crippen molar-refractivity contribution < 1.29 is 14.7 Å². The number of carboxylic acids is 1. The first-order valence-electron chi connectivity index (χ1n) is 6.57. The monoisotopic (exact) mass is 282 g/mol. The van der Waals surface area contributed by atoms with Gasteiger partial charge in [-0.15, -0.1) is 11.3 Å². The minimum atomic E-state index is -0.722. The number of nitrogens with zero attached hydrogens (tertiary/aromatic N) is 1. The van der Waals surface area contributed by atoms with Gasteiger partial charge in [0.15, 0.2) is 0 Å². The summed E-state index contributed by atoms with van der Waals surface area (Å²) in [4.78, 5) is 27.8. The number of carbonyl (C=O) groups is 2. The van der Waals surface area contributed by atoms with Gasteiger partial charge >= 0.3 is 5.97 Å². The van der Waals surface area contributed by atoms with E-state index in [9.17, 15) is 9.59 Å². The maximum atomic E-state index is 12.1.